The molecular weight excluding hydrogens is 292 g/mol. The van der Waals surface area contributed by atoms with Crippen molar-refractivity contribution in [2.24, 2.45) is 0 Å². The number of nitrogens with zero attached hydrogens (tertiary/aromatic N) is 1. The minimum atomic E-state index is -0.225. The van der Waals surface area contributed by atoms with E-state index < -0.39 is 0 Å². The van der Waals surface area contributed by atoms with Crippen molar-refractivity contribution in [1.82, 2.24) is 4.90 Å². The predicted octanol–water partition coefficient (Wildman–Crippen LogP) is 2.02. The molecule has 1 atom stereocenters. The molecular formula is C18H18BFNO2. The van der Waals surface area contributed by atoms with E-state index in [1.165, 1.54) is 11.6 Å². The van der Waals surface area contributed by atoms with Crippen molar-refractivity contribution in [3.05, 3.63) is 65.0 Å². The van der Waals surface area contributed by atoms with Gasteiger partial charge in [0.15, 0.2) is 0 Å². The Labute approximate surface area is 136 Å². The summed E-state index contributed by atoms with van der Waals surface area (Å²) in [6, 6.07) is 13.2. The van der Waals surface area contributed by atoms with Gasteiger partial charge in [-0.2, -0.15) is 0 Å². The van der Waals surface area contributed by atoms with Crippen molar-refractivity contribution in [1.29, 1.82) is 0 Å². The number of hydrogen-bond donors (Lipinski definition) is 0. The number of halogens is 1. The number of benzene rings is 2. The number of hydrogen-bond acceptors (Lipinski definition) is 3. The third kappa shape index (κ3) is 3.18. The maximum Gasteiger partial charge on any atom is 0.331 e. The molecule has 0 aliphatic carbocycles. The van der Waals surface area contributed by atoms with Crippen molar-refractivity contribution in [2.75, 3.05) is 26.3 Å². The highest BCUT2D eigenvalue weighted by atomic mass is 19.1. The molecule has 0 N–H and O–H groups in total. The van der Waals surface area contributed by atoms with E-state index >= 15 is 0 Å². The van der Waals surface area contributed by atoms with Crippen LogP contribution in [0.4, 0.5) is 4.39 Å². The van der Waals surface area contributed by atoms with Gasteiger partial charge < -0.3 is 9.39 Å². The second kappa shape index (κ2) is 6.44. The molecule has 1 fully saturated rings. The van der Waals surface area contributed by atoms with Crippen LogP contribution in [0.3, 0.4) is 0 Å². The molecule has 2 aliphatic rings. The van der Waals surface area contributed by atoms with Crippen LogP contribution in [-0.2, 0) is 15.9 Å². The molecule has 0 amide bonds. The van der Waals surface area contributed by atoms with E-state index in [2.05, 4.69) is 17.0 Å². The first-order valence-electron chi connectivity index (χ1n) is 7.97. The molecule has 2 aromatic rings. The molecule has 2 aromatic carbocycles. The van der Waals surface area contributed by atoms with Gasteiger partial charge in [0.2, 0.25) is 0 Å². The summed E-state index contributed by atoms with van der Waals surface area (Å²) >= 11 is 0. The third-order valence-corrected chi connectivity index (χ3v) is 4.43. The summed E-state index contributed by atoms with van der Waals surface area (Å²) in [5.74, 6) is -0.225. The van der Waals surface area contributed by atoms with Crippen LogP contribution in [0.25, 0.3) is 0 Å². The van der Waals surface area contributed by atoms with Crippen molar-refractivity contribution >= 4 is 12.9 Å². The molecule has 5 heteroatoms. The number of fused-ring (bicyclic) bond motifs is 1. The van der Waals surface area contributed by atoms with E-state index in [1.807, 2.05) is 12.1 Å². The zero-order valence-electron chi connectivity index (χ0n) is 12.9. The van der Waals surface area contributed by atoms with E-state index in [0.717, 1.165) is 49.4 Å². The normalized spacial score (nSPS) is 21.0. The number of rotatable bonds is 3. The maximum absolute atomic E-state index is 13.6. The second-order valence-corrected chi connectivity index (χ2v) is 6.04. The van der Waals surface area contributed by atoms with Gasteiger partial charge in [-0.15, -0.1) is 0 Å². The fraction of sp³-hybridized carbons (Fsp3) is 0.333. The largest absolute Gasteiger partial charge is 0.424 e. The smallest absolute Gasteiger partial charge is 0.331 e. The lowest BCUT2D eigenvalue weighted by molar-refractivity contribution is 0.0341. The fourth-order valence-corrected chi connectivity index (χ4v) is 3.22. The van der Waals surface area contributed by atoms with Crippen molar-refractivity contribution in [2.45, 2.75) is 12.6 Å². The summed E-state index contributed by atoms with van der Waals surface area (Å²) in [5, 5.41) is 0. The van der Waals surface area contributed by atoms with Crippen LogP contribution in [0.1, 0.15) is 22.8 Å². The number of ether oxygens (including phenoxy) is 1. The van der Waals surface area contributed by atoms with Crippen LogP contribution >= 0.6 is 0 Å². The SMILES string of the molecule is Fc1ccc2c(c1)C(c1cccc(CN3CCOCC3)c1)O[B]2. The highest BCUT2D eigenvalue weighted by Gasteiger charge is 2.26. The highest BCUT2D eigenvalue weighted by Crippen LogP contribution is 2.29. The Balaban J connectivity index is 1.56. The summed E-state index contributed by atoms with van der Waals surface area (Å²) < 4.78 is 24.7. The van der Waals surface area contributed by atoms with E-state index in [-0.39, 0.29) is 11.9 Å². The third-order valence-electron chi connectivity index (χ3n) is 4.43. The zero-order valence-corrected chi connectivity index (χ0v) is 12.9. The molecule has 4 rings (SSSR count). The van der Waals surface area contributed by atoms with E-state index in [1.54, 1.807) is 19.6 Å². The highest BCUT2D eigenvalue weighted by molar-refractivity contribution is 6.49. The molecule has 1 saturated heterocycles. The molecule has 1 radical (unpaired) electrons. The lowest BCUT2D eigenvalue weighted by Gasteiger charge is -2.27. The van der Waals surface area contributed by atoms with Gasteiger partial charge in [-0.25, -0.2) is 4.39 Å². The lowest BCUT2D eigenvalue weighted by atomic mass is 9.86. The van der Waals surface area contributed by atoms with Gasteiger partial charge in [-0.1, -0.05) is 30.3 Å². The Morgan fingerprint density at radius 3 is 2.87 bits per heavy atom. The van der Waals surface area contributed by atoms with Gasteiger partial charge in [0, 0.05) is 19.6 Å². The first-order valence-corrected chi connectivity index (χ1v) is 7.97. The van der Waals surface area contributed by atoms with Crippen molar-refractivity contribution < 1.29 is 13.8 Å². The Hall–Kier alpha value is -1.69. The van der Waals surface area contributed by atoms with Crippen molar-refractivity contribution in [3.63, 3.8) is 0 Å². The second-order valence-electron chi connectivity index (χ2n) is 6.04. The van der Waals surface area contributed by atoms with Crippen molar-refractivity contribution in [3.8, 4) is 0 Å². The molecule has 23 heavy (non-hydrogen) atoms. The Kier molecular flexibility index (Phi) is 4.16. The van der Waals surface area contributed by atoms with Crippen LogP contribution in [0.5, 0.6) is 0 Å². The molecule has 117 valence electrons. The Morgan fingerprint density at radius 1 is 1.13 bits per heavy atom. The minimum Gasteiger partial charge on any atom is -0.424 e. The maximum atomic E-state index is 13.6. The topological polar surface area (TPSA) is 21.7 Å². The molecule has 0 aromatic heterocycles. The van der Waals surface area contributed by atoms with E-state index in [4.69, 9.17) is 9.39 Å². The summed E-state index contributed by atoms with van der Waals surface area (Å²) in [6.07, 6.45) is -0.217. The average molecular weight is 310 g/mol. The molecule has 1 unspecified atom stereocenters. The fourth-order valence-electron chi connectivity index (χ4n) is 3.22. The summed E-state index contributed by atoms with van der Waals surface area (Å²) in [4.78, 5) is 2.39. The van der Waals surface area contributed by atoms with Crippen LogP contribution in [0.2, 0.25) is 0 Å². The van der Waals surface area contributed by atoms with Gasteiger partial charge in [0.1, 0.15) is 5.82 Å². The first-order chi connectivity index (χ1) is 11.3. The monoisotopic (exact) mass is 310 g/mol. The minimum absolute atomic E-state index is 0.217. The Bertz CT molecular complexity index is 703. The lowest BCUT2D eigenvalue weighted by Crippen LogP contribution is -2.35. The molecule has 2 aliphatic heterocycles. The first kappa shape index (κ1) is 14.9. The number of morpholine rings is 1. The summed E-state index contributed by atoms with van der Waals surface area (Å²) in [5.41, 5.74) is 4.16. The van der Waals surface area contributed by atoms with Gasteiger partial charge >= 0.3 is 7.48 Å². The predicted molar refractivity (Wildman–Crippen MR) is 87.3 cm³/mol. The van der Waals surface area contributed by atoms with Crippen LogP contribution in [-0.4, -0.2) is 38.7 Å². The molecule has 2 heterocycles. The van der Waals surface area contributed by atoms with Gasteiger partial charge in [-0.3, -0.25) is 4.90 Å². The van der Waals surface area contributed by atoms with E-state index in [0.29, 0.717) is 0 Å². The molecule has 0 saturated carbocycles. The van der Waals surface area contributed by atoms with Crippen LogP contribution in [0.15, 0.2) is 42.5 Å². The van der Waals surface area contributed by atoms with Crippen LogP contribution < -0.4 is 5.46 Å². The summed E-state index contributed by atoms with van der Waals surface area (Å²) in [7, 11) is 1.72. The Morgan fingerprint density at radius 2 is 2.00 bits per heavy atom. The van der Waals surface area contributed by atoms with Crippen LogP contribution in [0, 0.1) is 5.82 Å². The average Bonchev–Trinajstić information content (AvgIpc) is 2.99. The van der Waals surface area contributed by atoms with Gasteiger partial charge in [-0.05, 0) is 34.3 Å². The molecule has 0 spiro atoms. The van der Waals surface area contributed by atoms with E-state index in [9.17, 15) is 4.39 Å². The van der Waals surface area contributed by atoms with Gasteiger partial charge in [0.05, 0.1) is 19.3 Å². The van der Waals surface area contributed by atoms with Gasteiger partial charge in [0.25, 0.3) is 0 Å². The quantitative estimate of drug-likeness (QED) is 0.810. The standard InChI is InChI=1S/C18H18BFNO2/c20-15-4-5-17-16(11-15)18(23-19-17)14-3-1-2-13(10-14)12-21-6-8-22-9-7-21/h1-5,10-11,18H,6-9,12H2. The molecule has 0 bridgehead atoms. The summed E-state index contributed by atoms with van der Waals surface area (Å²) in [6.45, 7) is 4.43. The molecule has 3 nitrogen and oxygen atoms in total. The zero-order chi connectivity index (χ0) is 15.6.